The molecule has 1 aliphatic carbocycles. The zero-order valence-electron chi connectivity index (χ0n) is 8.05. The Morgan fingerprint density at radius 3 is 2.38 bits per heavy atom. The first-order valence-corrected chi connectivity index (χ1v) is 5.28. The van der Waals surface area contributed by atoms with Crippen LogP contribution in [0.25, 0.3) is 0 Å². The zero-order valence-corrected chi connectivity index (χ0v) is 8.05. The third-order valence-electron chi connectivity index (χ3n) is 3.44. The highest BCUT2D eigenvalue weighted by Gasteiger charge is 2.35. The second-order valence-corrected chi connectivity index (χ2v) is 4.47. The second-order valence-electron chi connectivity index (χ2n) is 4.47. The summed E-state index contributed by atoms with van der Waals surface area (Å²) in [5.74, 6) is 0.793. The van der Waals surface area contributed by atoms with Crippen LogP contribution in [0.2, 0.25) is 0 Å². The molecule has 3 nitrogen and oxygen atoms in total. The van der Waals surface area contributed by atoms with Crippen LogP contribution in [0.15, 0.2) is 4.99 Å². The second kappa shape index (κ2) is 3.66. The normalized spacial score (nSPS) is 27.0. The van der Waals surface area contributed by atoms with E-state index < -0.39 is 0 Å². The Bertz CT molecular complexity index is 205. The Labute approximate surface area is 79.2 Å². The summed E-state index contributed by atoms with van der Waals surface area (Å²) in [6, 6.07) is 0. The maximum atomic E-state index is 8.77. The maximum Gasteiger partial charge on any atom is 0.121 e. The van der Waals surface area contributed by atoms with Crippen LogP contribution < -0.4 is 5.48 Å². The molecule has 2 aliphatic rings. The number of hydrogen-bond acceptors (Lipinski definition) is 3. The van der Waals surface area contributed by atoms with Crippen LogP contribution >= 0.6 is 0 Å². The minimum Gasteiger partial charge on any atom is -0.290 e. The Balaban J connectivity index is 1.98. The van der Waals surface area contributed by atoms with Gasteiger partial charge in [-0.3, -0.25) is 15.7 Å². The molecule has 2 N–H and O–H groups in total. The molecule has 1 fully saturated rings. The molecule has 2 rings (SSSR count). The number of nitrogens with one attached hydrogen (secondary N) is 1. The van der Waals surface area contributed by atoms with Crippen molar-refractivity contribution in [2.75, 3.05) is 6.54 Å². The largest absolute Gasteiger partial charge is 0.290 e. The van der Waals surface area contributed by atoms with Gasteiger partial charge in [-0.2, -0.15) is 0 Å². The highest BCUT2D eigenvalue weighted by atomic mass is 16.5. The lowest BCUT2D eigenvalue weighted by atomic mass is 9.79. The monoisotopic (exact) mass is 182 g/mol. The average molecular weight is 182 g/mol. The van der Waals surface area contributed by atoms with Gasteiger partial charge in [-0.15, -0.1) is 0 Å². The predicted molar refractivity (Wildman–Crippen MR) is 52.0 cm³/mol. The first-order valence-electron chi connectivity index (χ1n) is 5.28. The fourth-order valence-electron chi connectivity index (χ4n) is 2.62. The summed E-state index contributed by atoms with van der Waals surface area (Å²) in [6.45, 7) is 0.926. The summed E-state index contributed by atoms with van der Waals surface area (Å²) in [5.41, 5.74) is 2.61. The molecule has 0 unspecified atom stereocenters. The molecule has 1 heterocycles. The number of rotatable bonds is 0. The minimum absolute atomic E-state index is 0.404. The lowest BCUT2D eigenvalue weighted by Crippen LogP contribution is -2.25. The molecule has 0 atom stereocenters. The Morgan fingerprint density at radius 1 is 1.15 bits per heavy atom. The highest BCUT2D eigenvalue weighted by molar-refractivity contribution is 5.83. The van der Waals surface area contributed by atoms with Gasteiger partial charge >= 0.3 is 0 Å². The van der Waals surface area contributed by atoms with E-state index in [2.05, 4.69) is 10.5 Å². The fourth-order valence-corrected chi connectivity index (χ4v) is 2.62. The van der Waals surface area contributed by atoms with Crippen molar-refractivity contribution in [3.63, 3.8) is 0 Å². The average Bonchev–Trinajstić information content (AvgIpc) is 2.40. The Kier molecular flexibility index (Phi) is 2.54. The van der Waals surface area contributed by atoms with Crippen molar-refractivity contribution in [1.82, 2.24) is 5.48 Å². The van der Waals surface area contributed by atoms with Crippen molar-refractivity contribution in [2.24, 2.45) is 10.4 Å². The van der Waals surface area contributed by atoms with Crippen LogP contribution in [0.3, 0.4) is 0 Å². The molecule has 74 valence electrons. The molecule has 0 radical (unpaired) electrons. The molecule has 1 aliphatic heterocycles. The summed E-state index contributed by atoms with van der Waals surface area (Å²) in [5, 5.41) is 8.77. The summed E-state index contributed by atoms with van der Waals surface area (Å²) in [6.07, 6.45) is 8.99. The first kappa shape index (κ1) is 9.00. The Hall–Kier alpha value is -0.570. The smallest absolute Gasteiger partial charge is 0.121 e. The highest BCUT2D eigenvalue weighted by Crippen LogP contribution is 2.41. The van der Waals surface area contributed by atoms with E-state index in [-0.39, 0.29) is 0 Å². The summed E-state index contributed by atoms with van der Waals surface area (Å²) >= 11 is 0. The molecule has 0 amide bonds. The minimum atomic E-state index is 0.404. The van der Waals surface area contributed by atoms with Crippen molar-refractivity contribution in [1.29, 1.82) is 0 Å². The molecule has 3 heteroatoms. The lowest BCUT2D eigenvalue weighted by Gasteiger charge is -2.25. The van der Waals surface area contributed by atoms with Crippen molar-refractivity contribution in [2.45, 2.75) is 44.9 Å². The topological polar surface area (TPSA) is 44.6 Å². The molecule has 1 spiro atoms. The third-order valence-corrected chi connectivity index (χ3v) is 3.44. The van der Waals surface area contributed by atoms with Crippen LogP contribution in [0, 0.1) is 5.41 Å². The van der Waals surface area contributed by atoms with E-state index in [1.165, 1.54) is 38.5 Å². The summed E-state index contributed by atoms with van der Waals surface area (Å²) in [7, 11) is 0. The van der Waals surface area contributed by atoms with Crippen molar-refractivity contribution in [3.8, 4) is 0 Å². The number of hydrogen-bond donors (Lipinski definition) is 2. The van der Waals surface area contributed by atoms with Gasteiger partial charge in [0.05, 0.1) is 0 Å². The van der Waals surface area contributed by atoms with Crippen LogP contribution in [-0.4, -0.2) is 17.6 Å². The van der Waals surface area contributed by atoms with Crippen LogP contribution in [0.1, 0.15) is 44.9 Å². The number of hydroxylamine groups is 1. The molecule has 0 bridgehead atoms. The van der Waals surface area contributed by atoms with Gasteiger partial charge in [-0.1, -0.05) is 25.7 Å². The SMILES string of the molecule is ONC1=NCC2(CCCCCC2)C1. The van der Waals surface area contributed by atoms with Gasteiger partial charge in [-0.25, -0.2) is 0 Å². The van der Waals surface area contributed by atoms with E-state index in [9.17, 15) is 0 Å². The van der Waals surface area contributed by atoms with E-state index in [0.717, 1.165) is 18.8 Å². The van der Waals surface area contributed by atoms with E-state index in [1.807, 2.05) is 0 Å². The number of nitrogens with zero attached hydrogens (tertiary/aromatic N) is 1. The lowest BCUT2D eigenvalue weighted by molar-refractivity contribution is 0.225. The molecular formula is C10H18N2O. The molecular weight excluding hydrogens is 164 g/mol. The van der Waals surface area contributed by atoms with Crippen LogP contribution in [0.5, 0.6) is 0 Å². The van der Waals surface area contributed by atoms with E-state index in [1.54, 1.807) is 0 Å². The quantitative estimate of drug-likeness (QED) is 0.563. The zero-order chi connectivity index (χ0) is 9.15. The standard InChI is InChI=1S/C10H18N2O/c13-12-9-7-10(8-11-9)5-3-1-2-4-6-10/h13H,1-8H2,(H,11,12). The molecule has 0 aromatic carbocycles. The van der Waals surface area contributed by atoms with Crippen molar-refractivity contribution < 1.29 is 5.21 Å². The van der Waals surface area contributed by atoms with Gasteiger partial charge < -0.3 is 0 Å². The van der Waals surface area contributed by atoms with Gasteiger partial charge in [0.2, 0.25) is 0 Å². The summed E-state index contributed by atoms with van der Waals surface area (Å²) < 4.78 is 0. The van der Waals surface area contributed by atoms with E-state index >= 15 is 0 Å². The summed E-state index contributed by atoms with van der Waals surface area (Å²) in [4.78, 5) is 4.33. The first-order chi connectivity index (χ1) is 6.35. The van der Waals surface area contributed by atoms with Crippen LogP contribution in [-0.2, 0) is 0 Å². The van der Waals surface area contributed by atoms with Crippen molar-refractivity contribution in [3.05, 3.63) is 0 Å². The Morgan fingerprint density at radius 2 is 1.85 bits per heavy atom. The predicted octanol–water partition coefficient (Wildman–Crippen LogP) is 2.11. The molecule has 0 saturated heterocycles. The van der Waals surface area contributed by atoms with Crippen molar-refractivity contribution >= 4 is 5.84 Å². The third kappa shape index (κ3) is 1.85. The van der Waals surface area contributed by atoms with Gasteiger partial charge in [0.1, 0.15) is 5.84 Å². The van der Waals surface area contributed by atoms with Gasteiger partial charge in [-0.05, 0) is 18.3 Å². The molecule has 13 heavy (non-hydrogen) atoms. The van der Waals surface area contributed by atoms with E-state index in [0.29, 0.717) is 5.41 Å². The number of amidine groups is 1. The number of aliphatic imine (C=N–C) groups is 1. The van der Waals surface area contributed by atoms with Gasteiger partial charge in [0.15, 0.2) is 0 Å². The fraction of sp³-hybridized carbons (Fsp3) is 0.900. The molecule has 0 aromatic rings. The van der Waals surface area contributed by atoms with Gasteiger partial charge in [0.25, 0.3) is 0 Å². The molecule has 0 aromatic heterocycles. The molecule has 1 saturated carbocycles. The van der Waals surface area contributed by atoms with Gasteiger partial charge in [0, 0.05) is 13.0 Å². The maximum absolute atomic E-state index is 8.77. The van der Waals surface area contributed by atoms with Crippen LogP contribution in [0.4, 0.5) is 0 Å². The van der Waals surface area contributed by atoms with E-state index in [4.69, 9.17) is 5.21 Å².